The molecule has 1 saturated carbocycles. The van der Waals surface area contributed by atoms with Gasteiger partial charge in [0.25, 0.3) is 0 Å². The molecule has 0 radical (unpaired) electrons. The number of rotatable bonds is 4. The first-order chi connectivity index (χ1) is 7.57. The van der Waals surface area contributed by atoms with Crippen LogP contribution in [0.15, 0.2) is 0 Å². The van der Waals surface area contributed by atoms with E-state index in [1.165, 1.54) is 20.0 Å². The van der Waals surface area contributed by atoms with Gasteiger partial charge in [-0.15, -0.1) is 0 Å². The largest absolute Gasteiger partial charge is 0.468 e. The summed E-state index contributed by atoms with van der Waals surface area (Å²) in [6, 6.07) is -0.350. The quantitative estimate of drug-likeness (QED) is 0.562. The lowest BCUT2D eigenvalue weighted by Gasteiger charge is -2.28. The second-order valence-corrected chi connectivity index (χ2v) is 4.76. The van der Waals surface area contributed by atoms with Crippen molar-refractivity contribution in [3.8, 4) is 0 Å². The molecule has 1 aliphatic carbocycles. The highest BCUT2D eigenvalue weighted by Gasteiger charge is 2.28. The highest BCUT2D eigenvalue weighted by Crippen LogP contribution is 2.26. The van der Waals surface area contributed by atoms with Crippen molar-refractivity contribution in [2.75, 3.05) is 13.7 Å². The van der Waals surface area contributed by atoms with E-state index in [9.17, 15) is 9.90 Å². The molecule has 0 bridgehead atoms. The summed E-state index contributed by atoms with van der Waals surface area (Å²) in [4.78, 5) is 11.2. The molecule has 0 aromatic carbocycles. The summed E-state index contributed by atoms with van der Waals surface area (Å²) < 4.78 is 4.63. The van der Waals surface area contributed by atoms with Gasteiger partial charge < -0.3 is 15.2 Å². The molecule has 1 unspecified atom stereocenters. The molecule has 1 atom stereocenters. The Hall–Kier alpha value is -0.610. The zero-order valence-electron chi connectivity index (χ0n) is 10.3. The first kappa shape index (κ1) is 13.5. The molecule has 0 heterocycles. The monoisotopic (exact) mass is 229 g/mol. The summed E-state index contributed by atoms with van der Waals surface area (Å²) in [5, 5.41) is 13.4. The van der Waals surface area contributed by atoms with Gasteiger partial charge in [-0.3, -0.25) is 4.79 Å². The fraction of sp³-hybridized carbons (Fsp3) is 0.917. The second-order valence-electron chi connectivity index (χ2n) is 4.76. The number of hydrogen-bond acceptors (Lipinski definition) is 4. The van der Waals surface area contributed by atoms with E-state index >= 15 is 0 Å². The van der Waals surface area contributed by atoms with Gasteiger partial charge >= 0.3 is 5.97 Å². The van der Waals surface area contributed by atoms with Crippen molar-refractivity contribution in [1.82, 2.24) is 5.32 Å². The van der Waals surface area contributed by atoms with Gasteiger partial charge in [-0.2, -0.15) is 0 Å². The van der Waals surface area contributed by atoms with Gasteiger partial charge in [-0.25, -0.2) is 0 Å². The molecule has 4 heteroatoms. The Morgan fingerprint density at radius 2 is 1.94 bits per heavy atom. The van der Waals surface area contributed by atoms with Crippen LogP contribution in [-0.4, -0.2) is 36.4 Å². The van der Waals surface area contributed by atoms with Gasteiger partial charge in [0.05, 0.1) is 12.7 Å². The number of aliphatic hydroxyl groups is 1. The van der Waals surface area contributed by atoms with Gasteiger partial charge in [0, 0.05) is 6.54 Å². The van der Waals surface area contributed by atoms with Crippen molar-refractivity contribution in [2.24, 2.45) is 0 Å². The van der Waals surface area contributed by atoms with E-state index in [2.05, 4.69) is 10.1 Å². The normalized spacial score (nSPS) is 22.2. The summed E-state index contributed by atoms with van der Waals surface area (Å²) in [6.07, 6.45) is 6.21. The molecule has 4 nitrogen and oxygen atoms in total. The average Bonchev–Trinajstić information content (AvgIpc) is 2.50. The summed E-state index contributed by atoms with van der Waals surface area (Å²) >= 11 is 0. The second kappa shape index (κ2) is 6.21. The van der Waals surface area contributed by atoms with Gasteiger partial charge in [0.15, 0.2) is 0 Å². The van der Waals surface area contributed by atoms with Crippen LogP contribution in [-0.2, 0) is 9.53 Å². The van der Waals surface area contributed by atoms with E-state index in [1.54, 1.807) is 6.92 Å². The van der Waals surface area contributed by atoms with Crippen molar-refractivity contribution in [3.05, 3.63) is 0 Å². The summed E-state index contributed by atoms with van der Waals surface area (Å²) in [6.45, 7) is 2.23. The van der Waals surface area contributed by atoms with Crippen LogP contribution in [0.5, 0.6) is 0 Å². The topological polar surface area (TPSA) is 58.6 Å². The standard InChI is InChI=1S/C12H23NO3/c1-10(11(14)16-2)13-9-12(15)7-5-3-4-6-8-12/h10,13,15H,3-9H2,1-2H3. The Balaban J connectivity index is 2.36. The Kier molecular flexibility index (Phi) is 5.22. The molecule has 1 aliphatic rings. The summed E-state index contributed by atoms with van der Waals surface area (Å²) in [7, 11) is 1.38. The fourth-order valence-corrected chi connectivity index (χ4v) is 2.17. The number of esters is 1. The Bertz CT molecular complexity index is 222. The van der Waals surface area contributed by atoms with Gasteiger partial charge in [-0.1, -0.05) is 25.7 Å². The maximum Gasteiger partial charge on any atom is 0.322 e. The third kappa shape index (κ3) is 4.10. The lowest BCUT2D eigenvalue weighted by Crippen LogP contribution is -2.46. The van der Waals surface area contributed by atoms with Crippen LogP contribution in [0.25, 0.3) is 0 Å². The highest BCUT2D eigenvalue weighted by atomic mass is 16.5. The minimum absolute atomic E-state index is 0.280. The Labute approximate surface area is 97.4 Å². The molecule has 0 aromatic heterocycles. The van der Waals surface area contributed by atoms with Crippen LogP contribution in [0, 0.1) is 0 Å². The lowest BCUT2D eigenvalue weighted by atomic mass is 9.94. The maximum absolute atomic E-state index is 11.2. The van der Waals surface area contributed by atoms with Crippen LogP contribution in [0.4, 0.5) is 0 Å². The van der Waals surface area contributed by atoms with E-state index in [0.717, 1.165) is 25.7 Å². The Morgan fingerprint density at radius 3 is 2.44 bits per heavy atom. The van der Waals surface area contributed by atoms with Crippen LogP contribution in [0.2, 0.25) is 0 Å². The number of hydrogen-bond donors (Lipinski definition) is 2. The maximum atomic E-state index is 11.2. The number of carbonyl (C=O) groups excluding carboxylic acids is 1. The summed E-state index contributed by atoms with van der Waals surface area (Å²) in [5.74, 6) is -0.280. The predicted molar refractivity (Wildman–Crippen MR) is 62.1 cm³/mol. The van der Waals surface area contributed by atoms with Crippen LogP contribution in [0.1, 0.15) is 45.4 Å². The van der Waals surface area contributed by atoms with Crippen molar-refractivity contribution >= 4 is 5.97 Å². The smallest absolute Gasteiger partial charge is 0.322 e. The highest BCUT2D eigenvalue weighted by molar-refractivity contribution is 5.75. The molecule has 1 rings (SSSR count). The van der Waals surface area contributed by atoms with Crippen molar-refractivity contribution in [3.63, 3.8) is 0 Å². The molecule has 94 valence electrons. The Morgan fingerprint density at radius 1 is 1.38 bits per heavy atom. The molecule has 0 amide bonds. The van der Waals surface area contributed by atoms with Crippen LogP contribution in [0.3, 0.4) is 0 Å². The molecule has 0 saturated heterocycles. The molecule has 0 aromatic rings. The van der Waals surface area contributed by atoms with Crippen molar-refractivity contribution < 1.29 is 14.6 Å². The van der Waals surface area contributed by atoms with Gasteiger partial charge in [0.1, 0.15) is 6.04 Å². The van der Waals surface area contributed by atoms with E-state index in [1.807, 2.05) is 0 Å². The van der Waals surface area contributed by atoms with E-state index < -0.39 is 5.60 Å². The molecule has 2 N–H and O–H groups in total. The minimum atomic E-state index is -0.640. The zero-order chi connectivity index (χ0) is 12.0. The van der Waals surface area contributed by atoms with Crippen LogP contribution < -0.4 is 5.32 Å². The fourth-order valence-electron chi connectivity index (χ4n) is 2.17. The van der Waals surface area contributed by atoms with Crippen molar-refractivity contribution in [1.29, 1.82) is 0 Å². The molecule has 0 aliphatic heterocycles. The van der Waals surface area contributed by atoms with Crippen LogP contribution >= 0.6 is 0 Å². The SMILES string of the molecule is COC(=O)C(C)NCC1(O)CCCCCC1. The predicted octanol–water partition coefficient (Wildman–Crippen LogP) is 1.22. The van der Waals surface area contributed by atoms with Crippen molar-refractivity contribution in [2.45, 2.75) is 57.1 Å². The van der Waals surface area contributed by atoms with E-state index in [-0.39, 0.29) is 12.0 Å². The first-order valence-electron chi connectivity index (χ1n) is 6.11. The molecule has 0 spiro atoms. The summed E-state index contributed by atoms with van der Waals surface area (Å²) in [5.41, 5.74) is -0.640. The zero-order valence-corrected chi connectivity index (χ0v) is 10.3. The number of methoxy groups -OCH3 is 1. The van der Waals surface area contributed by atoms with Gasteiger partial charge in [0.2, 0.25) is 0 Å². The van der Waals surface area contributed by atoms with E-state index in [4.69, 9.17) is 0 Å². The molecule has 1 fully saturated rings. The number of carbonyl (C=O) groups is 1. The molecular formula is C12H23NO3. The number of ether oxygens (including phenoxy) is 1. The lowest BCUT2D eigenvalue weighted by molar-refractivity contribution is -0.142. The average molecular weight is 229 g/mol. The third-order valence-electron chi connectivity index (χ3n) is 3.33. The first-order valence-corrected chi connectivity index (χ1v) is 6.11. The molecular weight excluding hydrogens is 206 g/mol. The number of nitrogens with one attached hydrogen (secondary N) is 1. The third-order valence-corrected chi connectivity index (χ3v) is 3.33. The minimum Gasteiger partial charge on any atom is -0.468 e. The van der Waals surface area contributed by atoms with E-state index in [0.29, 0.717) is 6.54 Å². The van der Waals surface area contributed by atoms with Gasteiger partial charge in [-0.05, 0) is 19.8 Å². The molecule has 16 heavy (non-hydrogen) atoms.